The standard InChI is InChI=1S/C9H10F3N3O6S/c10-9(11,12)22-6-5(19)13-8(20)15(14-6)7-4(18)3(17)2(1-16)21-7/h2-4,7,16-18H,1H2,(H,13,19,20)/t2-,3-,4-,7-/m1/s1. The zero-order chi connectivity index (χ0) is 16.7. The van der Waals surface area contributed by atoms with Gasteiger partial charge in [-0.25, -0.2) is 4.79 Å². The first-order valence-electron chi connectivity index (χ1n) is 5.75. The molecule has 1 fully saturated rings. The Morgan fingerprint density at radius 3 is 2.45 bits per heavy atom. The molecule has 0 aromatic carbocycles. The molecule has 9 nitrogen and oxygen atoms in total. The summed E-state index contributed by atoms with van der Waals surface area (Å²) < 4.78 is 42.2. The van der Waals surface area contributed by atoms with E-state index in [2.05, 4.69) is 5.10 Å². The van der Waals surface area contributed by atoms with Gasteiger partial charge in [-0.1, -0.05) is 0 Å². The molecule has 0 amide bonds. The number of aliphatic hydroxyl groups is 3. The summed E-state index contributed by atoms with van der Waals surface area (Å²) >= 11 is -0.846. The van der Waals surface area contributed by atoms with E-state index in [1.54, 1.807) is 4.98 Å². The van der Waals surface area contributed by atoms with Crippen molar-refractivity contribution < 1.29 is 33.2 Å². The normalized spacial score (nSPS) is 29.0. The summed E-state index contributed by atoms with van der Waals surface area (Å²) in [6.45, 7) is -0.697. The van der Waals surface area contributed by atoms with Crippen molar-refractivity contribution in [2.45, 2.75) is 35.1 Å². The predicted molar refractivity (Wildman–Crippen MR) is 64.0 cm³/mol. The van der Waals surface area contributed by atoms with Gasteiger partial charge in [0.15, 0.2) is 11.3 Å². The smallest absolute Gasteiger partial charge is 0.394 e. The van der Waals surface area contributed by atoms with E-state index in [1.807, 2.05) is 0 Å². The molecule has 0 radical (unpaired) electrons. The van der Waals surface area contributed by atoms with Crippen LogP contribution in [0.25, 0.3) is 0 Å². The van der Waals surface area contributed by atoms with Gasteiger partial charge in [-0.2, -0.15) is 23.0 Å². The largest absolute Gasteiger partial charge is 0.448 e. The van der Waals surface area contributed by atoms with Crippen LogP contribution in [0.3, 0.4) is 0 Å². The summed E-state index contributed by atoms with van der Waals surface area (Å²) in [6.07, 6.45) is -6.20. The molecule has 2 heterocycles. The van der Waals surface area contributed by atoms with Crippen LogP contribution in [0.15, 0.2) is 14.6 Å². The lowest BCUT2D eigenvalue weighted by molar-refractivity contribution is -0.0629. The second kappa shape index (κ2) is 6.00. The summed E-state index contributed by atoms with van der Waals surface area (Å²) in [5.41, 5.74) is -7.40. The van der Waals surface area contributed by atoms with Gasteiger partial charge in [-0.3, -0.25) is 9.78 Å². The molecule has 2 rings (SSSR count). The molecule has 4 atom stereocenters. The highest BCUT2D eigenvalue weighted by Crippen LogP contribution is 2.34. The van der Waals surface area contributed by atoms with Crippen molar-refractivity contribution in [3.8, 4) is 0 Å². The summed E-state index contributed by atoms with van der Waals surface area (Å²) in [5, 5.41) is 30.3. The van der Waals surface area contributed by atoms with E-state index in [0.717, 1.165) is 0 Å². The SMILES string of the molecule is O=c1[nH]c(=O)n([C@@H]2O[C@H](CO)[C@@H](O)[C@H]2O)nc1SC(F)(F)F. The predicted octanol–water partition coefficient (Wildman–Crippen LogP) is -1.84. The third-order valence-electron chi connectivity index (χ3n) is 2.79. The van der Waals surface area contributed by atoms with Crippen LogP contribution in [0, 0.1) is 0 Å². The number of thioether (sulfide) groups is 1. The molecule has 22 heavy (non-hydrogen) atoms. The third kappa shape index (κ3) is 3.33. The van der Waals surface area contributed by atoms with E-state index in [1.165, 1.54) is 0 Å². The summed E-state index contributed by atoms with van der Waals surface area (Å²) in [5.74, 6) is 0. The van der Waals surface area contributed by atoms with E-state index in [-0.39, 0.29) is 4.68 Å². The van der Waals surface area contributed by atoms with Crippen LogP contribution in [0.5, 0.6) is 0 Å². The van der Waals surface area contributed by atoms with Crippen molar-refractivity contribution in [1.29, 1.82) is 0 Å². The van der Waals surface area contributed by atoms with Crippen molar-refractivity contribution >= 4 is 11.8 Å². The van der Waals surface area contributed by atoms with Gasteiger partial charge in [0.1, 0.15) is 18.3 Å². The van der Waals surface area contributed by atoms with Crippen LogP contribution < -0.4 is 11.2 Å². The molecule has 1 saturated heterocycles. The van der Waals surface area contributed by atoms with Crippen molar-refractivity contribution in [3.63, 3.8) is 0 Å². The van der Waals surface area contributed by atoms with E-state index in [4.69, 9.17) is 9.84 Å². The molecule has 1 aliphatic rings. The Bertz CT molecular complexity index is 661. The molecular formula is C9H10F3N3O6S. The zero-order valence-electron chi connectivity index (χ0n) is 10.5. The zero-order valence-corrected chi connectivity index (χ0v) is 11.3. The average molecular weight is 345 g/mol. The minimum Gasteiger partial charge on any atom is -0.394 e. The third-order valence-corrected chi connectivity index (χ3v) is 3.48. The molecule has 0 saturated carbocycles. The van der Waals surface area contributed by atoms with Crippen LogP contribution in [-0.4, -0.2) is 60.5 Å². The van der Waals surface area contributed by atoms with Gasteiger partial charge in [-0.05, 0) is 0 Å². The van der Waals surface area contributed by atoms with Crippen molar-refractivity contribution in [3.05, 3.63) is 20.8 Å². The molecule has 1 aromatic rings. The molecule has 124 valence electrons. The van der Waals surface area contributed by atoms with E-state index < -0.39 is 64.7 Å². The second-order valence-electron chi connectivity index (χ2n) is 4.29. The van der Waals surface area contributed by atoms with Gasteiger partial charge in [-0.15, -0.1) is 0 Å². The lowest BCUT2D eigenvalue weighted by Gasteiger charge is -2.16. The van der Waals surface area contributed by atoms with Crippen molar-refractivity contribution in [2.24, 2.45) is 0 Å². The Morgan fingerprint density at radius 2 is 1.95 bits per heavy atom. The molecule has 1 aliphatic heterocycles. The fourth-order valence-electron chi connectivity index (χ4n) is 1.83. The van der Waals surface area contributed by atoms with Gasteiger partial charge >= 0.3 is 11.2 Å². The first-order chi connectivity index (χ1) is 10.1. The number of halogens is 3. The number of aliphatic hydroxyl groups excluding tert-OH is 3. The Balaban J connectivity index is 2.42. The first-order valence-corrected chi connectivity index (χ1v) is 6.57. The minimum atomic E-state index is -4.81. The maximum atomic E-state index is 12.3. The van der Waals surface area contributed by atoms with Crippen LogP contribution >= 0.6 is 11.8 Å². The van der Waals surface area contributed by atoms with Gasteiger partial charge in [0, 0.05) is 11.8 Å². The van der Waals surface area contributed by atoms with Gasteiger partial charge in [0.25, 0.3) is 5.56 Å². The van der Waals surface area contributed by atoms with Gasteiger partial charge in [0.2, 0.25) is 0 Å². The monoisotopic (exact) mass is 345 g/mol. The number of aromatic nitrogens is 3. The molecule has 0 spiro atoms. The number of rotatable bonds is 3. The molecule has 0 bridgehead atoms. The number of hydrogen-bond acceptors (Lipinski definition) is 8. The van der Waals surface area contributed by atoms with E-state index in [9.17, 15) is 33.0 Å². The minimum absolute atomic E-state index is 0.277. The van der Waals surface area contributed by atoms with Gasteiger partial charge < -0.3 is 20.1 Å². The highest BCUT2D eigenvalue weighted by atomic mass is 32.2. The maximum Gasteiger partial charge on any atom is 0.448 e. The van der Waals surface area contributed by atoms with Crippen LogP contribution in [0.2, 0.25) is 0 Å². The number of ether oxygens (including phenoxy) is 1. The van der Waals surface area contributed by atoms with Crippen LogP contribution in [-0.2, 0) is 4.74 Å². The average Bonchev–Trinajstić information content (AvgIpc) is 2.68. The Kier molecular flexibility index (Phi) is 4.62. The Labute approximate surface area is 123 Å². The van der Waals surface area contributed by atoms with Crippen molar-refractivity contribution in [1.82, 2.24) is 14.8 Å². The molecule has 13 heteroatoms. The molecule has 0 aliphatic carbocycles. The van der Waals surface area contributed by atoms with E-state index >= 15 is 0 Å². The fourth-order valence-corrected chi connectivity index (χ4v) is 2.32. The topological polar surface area (TPSA) is 138 Å². The number of alkyl halides is 3. The highest BCUT2D eigenvalue weighted by molar-refractivity contribution is 8.00. The Hall–Kier alpha value is -1.41. The Morgan fingerprint density at radius 1 is 1.32 bits per heavy atom. The molecule has 0 unspecified atom stereocenters. The van der Waals surface area contributed by atoms with E-state index in [0.29, 0.717) is 0 Å². The molecule has 4 N–H and O–H groups in total. The fraction of sp³-hybridized carbons (Fsp3) is 0.667. The number of nitrogens with zero attached hydrogens (tertiary/aromatic N) is 2. The lowest BCUT2D eigenvalue weighted by Crippen LogP contribution is -2.40. The van der Waals surface area contributed by atoms with Crippen LogP contribution in [0.1, 0.15) is 6.23 Å². The quantitative estimate of drug-likeness (QED) is 0.469. The second-order valence-corrected chi connectivity index (χ2v) is 5.34. The van der Waals surface area contributed by atoms with Crippen LogP contribution in [0.4, 0.5) is 13.2 Å². The maximum absolute atomic E-state index is 12.3. The summed E-state index contributed by atoms with van der Waals surface area (Å²) in [4.78, 5) is 24.5. The number of aromatic amines is 1. The molecular weight excluding hydrogens is 335 g/mol. The number of nitrogens with one attached hydrogen (secondary N) is 1. The highest BCUT2D eigenvalue weighted by Gasteiger charge is 2.45. The number of hydrogen-bond donors (Lipinski definition) is 4. The van der Waals surface area contributed by atoms with Crippen molar-refractivity contribution in [2.75, 3.05) is 6.61 Å². The first kappa shape index (κ1) is 17.0. The lowest BCUT2D eigenvalue weighted by atomic mass is 10.1. The molecule has 1 aromatic heterocycles. The number of H-pyrrole nitrogens is 1. The van der Waals surface area contributed by atoms with Gasteiger partial charge in [0.05, 0.1) is 6.61 Å². The summed E-state index contributed by atoms with van der Waals surface area (Å²) in [6, 6.07) is 0. The summed E-state index contributed by atoms with van der Waals surface area (Å²) in [7, 11) is 0.